The zero-order valence-corrected chi connectivity index (χ0v) is 11.7. The van der Waals surface area contributed by atoms with Crippen LogP contribution in [0.1, 0.15) is 33.3 Å². The van der Waals surface area contributed by atoms with E-state index in [2.05, 4.69) is 10.6 Å². The molecule has 1 aromatic rings. The molecule has 0 aliphatic heterocycles. The Morgan fingerprint density at radius 2 is 1.95 bits per heavy atom. The van der Waals surface area contributed by atoms with Crippen LogP contribution in [-0.4, -0.2) is 17.5 Å². The molecule has 2 N–H and O–H groups in total. The summed E-state index contributed by atoms with van der Waals surface area (Å²) in [5, 5.41) is 5.68. The third-order valence-electron chi connectivity index (χ3n) is 2.52. The number of hydrogen-bond donors (Lipinski definition) is 2. The summed E-state index contributed by atoms with van der Waals surface area (Å²) in [4.78, 5) is 11.8. The minimum absolute atomic E-state index is 0.0995. The molecule has 0 saturated heterocycles. The summed E-state index contributed by atoms with van der Waals surface area (Å²) in [6.45, 7) is 7.41. The number of halogens is 2. The SMILES string of the molecule is CC(NCc1cccc(F)c1F)C(=O)NC(C)(C)C. The fourth-order valence-corrected chi connectivity index (χ4v) is 1.52. The summed E-state index contributed by atoms with van der Waals surface area (Å²) in [6.07, 6.45) is 0. The van der Waals surface area contributed by atoms with E-state index in [1.807, 2.05) is 20.8 Å². The maximum absolute atomic E-state index is 13.4. The van der Waals surface area contributed by atoms with Gasteiger partial charge in [0, 0.05) is 17.6 Å². The zero-order chi connectivity index (χ0) is 14.6. The van der Waals surface area contributed by atoms with Gasteiger partial charge in [-0.15, -0.1) is 0 Å². The first kappa shape index (κ1) is 15.6. The Bertz CT molecular complexity index is 455. The standard InChI is InChI=1S/C14H20F2N2O/c1-9(13(19)18-14(2,3)4)17-8-10-6-5-7-11(15)12(10)16/h5-7,9,17H,8H2,1-4H3,(H,18,19). The van der Waals surface area contributed by atoms with Crippen LogP contribution in [0.25, 0.3) is 0 Å². The lowest BCUT2D eigenvalue weighted by Crippen LogP contribution is -2.49. The van der Waals surface area contributed by atoms with Crippen molar-refractivity contribution in [1.82, 2.24) is 10.6 Å². The third-order valence-corrected chi connectivity index (χ3v) is 2.52. The van der Waals surface area contributed by atoms with Gasteiger partial charge in [-0.1, -0.05) is 12.1 Å². The lowest BCUT2D eigenvalue weighted by molar-refractivity contribution is -0.124. The summed E-state index contributed by atoms with van der Waals surface area (Å²) >= 11 is 0. The van der Waals surface area contributed by atoms with E-state index in [1.54, 1.807) is 6.92 Å². The molecule has 0 bridgehead atoms. The molecule has 0 fully saturated rings. The monoisotopic (exact) mass is 270 g/mol. The fourth-order valence-electron chi connectivity index (χ4n) is 1.52. The van der Waals surface area contributed by atoms with Crippen molar-refractivity contribution in [3.8, 4) is 0 Å². The molecule has 0 aromatic heterocycles. The molecule has 0 aliphatic carbocycles. The van der Waals surface area contributed by atoms with E-state index in [9.17, 15) is 13.6 Å². The molecule has 0 saturated carbocycles. The summed E-state index contributed by atoms with van der Waals surface area (Å²) in [7, 11) is 0. The molecule has 0 radical (unpaired) electrons. The van der Waals surface area contributed by atoms with Gasteiger partial charge in [-0.05, 0) is 33.8 Å². The second-order valence-corrected chi connectivity index (χ2v) is 5.55. The van der Waals surface area contributed by atoms with Crippen LogP contribution in [-0.2, 0) is 11.3 Å². The van der Waals surface area contributed by atoms with Crippen molar-refractivity contribution in [1.29, 1.82) is 0 Å². The number of hydrogen-bond acceptors (Lipinski definition) is 2. The average Bonchev–Trinajstić information content (AvgIpc) is 2.28. The number of nitrogens with one attached hydrogen (secondary N) is 2. The van der Waals surface area contributed by atoms with Gasteiger partial charge in [0.25, 0.3) is 0 Å². The van der Waals surface area contributed by atoms with Gasteiger partial charge < -0.3 is 10.6 Å². The number of carbonyl (C=O) groups excluding carboxylic acids is 1. The van der Waals surface area contributed by atoms with Crippen LogP contribution in [0.5, 0.6) is 0 Å². The van der Waals surface area contributed by atoms with Crippen LogP contribution in [0, 0.1) is 11.6 Å². The largest absolute Gasteiger partial charge is 0.350 e. The van der Waals surface area contributed by atoms with Crippen molar-refractivity contribution in [3.05, 3.63) is 35.4 Å². The highest BCUT2D eigenvalue weighted by molar-refractivity contribution is 5.81. The normalized spacial score (nSPS) is 13.2. The average molecular weight is 270 g/mol. The predicted molar refractivity (Wildman–Crippen MR) is 70.6 cm³/mol. The molecular weight excluding hydrogens is 250 g/mol. The number of carbonyl (C=O) groups is 1. The summed E-state index contributed by atoms with van der Waals surface area (Å²) in [6, 6.07) is 3.51. The molecule has 1 aromatic carbocycles. The Balaban J connectivity index is 2.57. The smallest absolute Gasteiger partial charge is 0.237 e. The van der Waals surface area contributed by atoms with Gasteiger partial charge in [0.05, 0.1) is 6.04 Å². The molecule has 1 atom stereocenters. The second kappa shape index (κ2) is 6.10. The van der Waals surface area contributed by atoms with E-state index >= 15 is 0 Å². The lowest BCUT2D eigenvalue weighted by atomic mass is 10.1. The van der Waals surface area contributed by atoms with E-state index in [-0.39, 0.29) is 23.6 Å². The van der Waals surface area contributed by atoms with Gasteiger partial charge in [-0.25, -0.2) is 8.78 Å². The molecule has 0 spiro atoms. The van der Waals surface area contributed by atoms with Crippen molar-refractivity contribution in [2.24, 2.45) is 0 Å². The lowest BCUT2D eigenvalue weighted by Gasteiger charge is -2.23. The first-order valence-electron chi connectivity index (χ1n) is 6.19. The van der Waals surface area contributed by atoms with Crippen molar-refractivity contribution in [2.75, 3.05) is 0 Å². The summed E-state index contributed by atoms with van der Waals surface area (Å²) in [5.41, 5.74) is -0.118. The molecule has 106 valence electrons. The third kappa shape index (κ3) is 4.95. The first-order chi connectivity index (χ1) is 8.70. The zero-order valence-electron chi connectivity index (χ0n) is 11.7. The van der Waals surface area contributed by atoms with Crippen LogP contribution in [0.4, 0.5) is 8.78 Å². The fraction of sp³-hybridized carbons (Fsp3) is 0.500. The number of benzene rings is 1. The van der Waals surface area contributed by atoms with E-state index < -0.39 is 17.7 Å². The van der Waals surface area contributed by atoms with Gasteiger partial charge in [0.1, 0.15) is 0 Å². The van der Waals surface area contributed by atoms with Crippen molar-refractivity contribution >= 4 is 5.91 Å². The molecular formula is C14H20F2N2O. The van der Waals surface area contributed by atoms with Crippen LogP contribution in [0.15, 0.2) is 18.2 Å². The molecule has 19 heavy (non-hydrogen) atoms. The van der Waals surface area contributed by atoms with Crippen molar-refractivity contribution in [3.63, 3.8) is 0 Å². The van der Waals surface area contributed by atoms with Crippen LogP contribution >= 0.6 is 0 Å². The minimum atomic E-state index is -0.883. The van der Waals surface area contributed by atoms with Gasteiger partial charge in [-0.2, -0.15) is 0 Å². The molecule has 3 nitrogen and oxygen atoms in total. The van der Waals surface area contributed by atoms with Crippen LogP contribution < -0.4 is 10.6 Å². The second-order valence-electron chi connectivity index (χ2n) is 5.55. The Labute approximate surface area is 112 Å². The number of amides is 1. The van der Waals surface area contributed by atoms with Crippen LogP contribution in [0.3, 0.4) is 0 Å². The van der Waals surface area contributed by atoms with Crippen LogP contribution in [0.2, 0.25) is 0 Å². The maximum atomic E-state index is 13.4. The number of rotatable bonds is 4. The van der Waals surface area contributed by atoms with E-state index in [4.69, 9.17) is 0 Å². The summed E-state index contributed by atoms with van der Waals surface area (Å²) in [5.74, 6) is -1.94. The van der Waals surface area contributed by atoms with Crippen molar-refractivity contribution < 1.29 is 13.6 Å². The van der Waals surface area contributed by atoms with Gasteiger partial charge in [0.2, 0.25) is 5.91 Å². The highest BCUT2D eigenvalue weighted by Crippen LogP contribution is 2.11. The Morgan fingerprint density at radius 1 is 1.32 bits per heavy atom. The first-order valence-corrected chi connectivity index (χ1v) is 6.19. The Kier molecular flexibility index (Phi) is 5.00. The molecule has 0 aliphatic rings. The van der Waals surface area contributed by atoms with E-state index in [1.165, 1.54) is 12.1 Å². The summed E-state index contributed by atoms with van der Waals surface area (Å²) < 4.78 is 26.4. The Morgan fingerprint density at radius 3 is 2.53 bits per heavy atom. The van der Waals surface area contributed by atoms with Gasteiger partial charge in [-0.3, -0.25) is 4.79 Å². The highest BCUT2D eigenvalue weighted by Gasteiger charge is 2.19. The quantitative estimate of drug-likeness (QED) is 0.882. The maximum Gasteiger partial charge on any atom is 0.237 e. The molecule has 1 amide bonds. The highest BCUT2D eigenvalue weighted by atomic mass is 19.2. The van der Waals surface area contributed by atoms with Crippen molar-refractivity contribution in [2.45, 2.75) is 45.8 Å². The molecule has 1 rings (SSSR count). The molecule has 0 heterocycles. The molecule has 5 heteroatoms. The Hall–Kier alpha value is -1.49. The molecule has 1 unspecified atom stereocenters. The topological polar surface area (TPSA) is 41.1 Å². The predicted octanol–water partition coefficient (Wildman–Crippen LogP) is 2.36. The minimum Gasteiger partial charge on any atom is -0.350 e. The van der Waals surface area contributed by atoms with Gasteiger partial charge in [0.15, 0.2) is 11.6 Å². The van der Waals surface area contributed by atoms with Gasteiger partial charge >= 0.3 is 0 Å². The van der Waals surface area contributed by atoms with E-state index in [0.717, 1.165) is 6.07 Å². The van der Waals surface area contributed by atoms with E-state index in [0.29, 0.717) is 0 Å².